The van der Waals surface area contributed by atoms with Crippen LogP contribution in [0.25, 0.3) is 0 Å². The first-order valence-electron chi connectivity index (χ1n) is 7.80. The molecule has 6 nitrogen and oxygen atoms in total. The number of carbonyl (C=O) groups excluding carboxylic acids is 1. The Balaban J connectivity index is 1.60. The second-order valence-electron chi connectivity index (χ2n) is 5.57. The van der Waals surface area contributed by atoms with E-state index in [1.165, 1.54) is 12.4 Å². The van der Waals surface area contributed by atoms with Crippen LogP contribution in [0.3, 0.4) is 0 Å². The summed E-state index contributed by atoms with van der Waals surface area (Å²) >= 11 is 0. The van der Waals surface area contributed by atoms with E-state index in [1.54, 1.807) is 0 Å². The predicted octanol–water partition coefficient (Wildman–Crippen LogP) is 4.53. The van der Waals surface area contributed by atoms with Gasteiger partial charge in [0, 0.05) is 5.69 Å². The average molecular weight is 334 g/mol. The standard InChI is InChI=1S/C19H18N4O2/c1-13-8-9-17(14(2)10-13)23-18(24)22-15-11-20-19(21-12-15)25-16-6-4-3-5-7-16/h3-12H,1-2H3,(H2,22,23,24). The molecule has 3 aromatic rings. The van der Waals surface area contributed by atoms with Crippen LogP contribution in [0.2, 0.25) is 0 Å². The van der Waals surface area contributed by atoms with Crippen LogP contribution in [0.15, 0.2) is 60.9 Å². The van der Waals surface area contributed by atoms with E-state index in [9.17, 15) is 4.79 Å². The summed E-state index contributed by atoms with van der Waals surface area (Å²) in [4.78, 5) is 20.3. The van der Waals surface area contributed by atoms with Gasteiger partial charge in [-0.05, 0) is 37.6 Å². The van der Waals surface area contributed by atoms with Crippen LogP contribution in [0.4, 0.5) is 16.2 Å². The molecule has 6 heteroatoms. The fourth-order valence-electron chi connectivity index (χ4n) is 2.27. The van der Waals surface area contributed by atoms with Gasteiger partial charge in [-0.25, -0.2) is 14.8 Å². The van der Waals surface area contributed by atoms with E-state index >= 15 is 0 Å². The lowest BCUT2D eigenvalue weighted by Crippen LogP contribution is -2.20. The second kappa shape index (κ2) is 7.44. The van der Waals surface area contributed by atoms with Crippen molar-refractivity contribution in [2.75, 3.05) is 10.6 Å². The average Bonchev–Trinajstić information content (AvgIpc) is 2.60. The van der Waals surface area contributed by atoms with E-state index in [4.69, 9.17) is 4.74 Å². The molecule has 3 rings (SSSR count). The minimum atomic E-state index is -0.354. The van der Waals surface area contributed by atoms with Crippen LogP contribution in [0.1, 0.15) is 11.1 Å². The van der Waals surface area contributed by atoms with Crippen molar-refractivity contribution in [2.24, 2.45) is 0 Å². The third-order valence-corrected chi connectivity index (χ3v) is 3.47. The molecule has 0 saturated heterocycles. The number of urea groups is 1. The van der Waals surface area contributed by atoms with Crippen molar-refractivity contribution in [3.05, 3.63) is 72.1 Å². The van der Waals surface area contributed by atoms with Crippen LogP contribution < -0.4 is 15.4 Å². The Morgan fingerprint density at radius 2 is 1.68 bits per heavy atom. The van der Waals surface area contributed by atoms with Gasteiger partial charge in [-0.3, -0.25) is 0 Å². The molecular weight excluding hydrogens is 316 g/mol. The molecule has 126 valence electrons. The fraction of sp³-hybridized carbons (Fsp3) is 0.105. The lowest BCUT2D eigenvalue weighted by molar-refractivity contribution is 0.262. The van der Waals surface area contributed by atoms with Crippen molar-refractivity contribution < 1.29 is 9.53 Å². The summed E-state index contributed by atoms with van der Waals surface area (Å²) in [6.07, 6.45) is 2.99. The number of aryl methyl sites for hydroxylation is 2. The zero-order chi connectivity index (χ0) is 17.6. The number of ether oxygens (including phenoxy) is 1. The van der Waals surface area contributed by atoms with Gasteiger partial charge in [-0.1, -0.05) is 35.9 Å². The van der Waals surface area contributed by atoms with E-state index < -0.39 is 0 Å². The summed E-state index contributed by atoms with van der Waals surface area (Å²) in [5, 5.41) is 5.50. The van der Waals surface area contributed by atoms with Gasteiger partial charge in [-0.15, -0.1) is 0 Å². The second-order valence-corrected chi connectivity index (χ2v) is 5.57. The number of para-hydroxylation sites is 1. The number of nitrogens with zero attached hydrogens (tertiary/aromatic N) is 2. The smallest absolute Gasteiger partial charge is 0.323 e. The number of carbonyl (C=O) groups is 1. The lowest BCUT2D eigenvalue weighted by Gasteiger charge is -2.10. The molecule has 0 atom stereocenters. The normalized spacial score (nSPS) is 10.2. The van der Waals surface area contributed by atoms with E-state index in [2.05, 4.69) is 20.6 Å². The summed E-state index contributed by atoms with van der Waals surface area (Å²) in [5.74, 6) is 0.649. The number of benzene rings is 2. The van der Waals surface area contributed by atoms with Gasteiger partial charge < -0.3 is 15.4 Å². The van der Waals surface area contributed by atoms with Crippen molar-refractivity contribution >= 4 is 17.4 Å². The Kier molecular flexibility index (Phi) is 4.89. The monoisotopic (exact) mass is 334 g/mol. The Labute approximate surface area is 145 Å². The van der Waals surface area contributed by atoms with Gasteiger partial charge in [-0.2, -0.15) is 0 Å². The minimum absolute atomic E-state index is 0.214. The molecule has 0 radical (unpaired) electrons. The molecule has 2 amide bonds. The number of amides is 2. The van der Waals surface area contributed by atoms with Crippen molar-refractivity contribution in [3.63, 3.8) is 0 Å². The molecule has 25 heavy (non-hydrogen) atoms. The predicted molar refractivity (Wildman–Crippen MR) is 97.1 cm³/mol. The van der Waals surface area contributed by atoms with Gasteiger partial charge in [0.2, 0.25) is 0 Å². The Bertz CT molecular complexity index is 864. The van der Waals surface area contributed by atoms with Crippen molar-refractivity contribution in [1.29, 1.82) is 0 Å². The molecule has 0 spiro atoms. The summed E-state index contributed by atoms with van der Waals surface area (Å²) in [6.45, 7) is 3.95. The molecular formula is C19H18N4O2. The molecule has 0 fully saturated rings. The first-order valence-corrected chi connectivity index (χ1v) is 7.80. The van der Waals surface area contributed by atoms with Crippen molar-refractivity contribution in [2.45, 2.75) is 13.8 Å². The van der Waals surface area contributed by atoms with Gasteiger partial charge in [0.1, 0.15) is 5.75 Å². The van der Waals surface area contributed by atoms with Gasteiger partial charge >= 0.3 is 12.0 Å². The third kappa shape index (κ3) is 4.54. The summed E-state index contributed by atoms with van der Waals surface area (Å²) in [7, 11) is 0. The largest absolute Gasteiger partial charge is 0.424 e. The highest BCUT2D eigenvalue weighted by Crippen LogP contribution is 2.18. The topological polar surface area (TPSA) is 76.1 Å². The van der Waals surface area contributed by atoms with E-state index in [1.807, 2.05) is 62.4 Å². The highest BCUT2D eigenvalue weighted by atomic mass is 16.5. The van der Waals surface area contributed by atoms with Gasteiger partial charge in [0.25, 0.3) is 0 Å². The summed E-state index contributed by atoms with van der Waals surface area (Å²) in [6, 6.07) is 14.9. The van der Waals surface area contributed by atoms with Crippen molar-refractivity contribution in [3.8, 4) is 11.8 Å². The summed E-state index contributed by atoms with van der Waals surface area (Å²) < 4.78 is 5.51. The Hall–Kier alpha value is -3.41. The van der Waals surface area contributed by atoms with Gasteiger partial charge in [0.05, 0.1) is 18.1 Å². The molecule has 0 saturated carbocycles. The highest BCUT2D eigenvalue weighted by Gasteiger charge is 2.07. The van der Waals surface area contributed by atoms with Crippen LogP contribution in [0, 0.1) is 13.8 Å². The van der Waals surface area contributed by atoms with Crippen LogP contribution in [-0.2, 0) is 0 Å². The van der Waals surface area contributed by atoms with E-state index in [0.29, 0.717) is 11.4 Å². The van der Waals surface area contributed by atoms with E-state index in [0.717, 1.165) is 16.8 Å². The number of nitrogens with one attached hydrogen (secondary N) is 2. The maximum Gasteiger partial charge on any atom is 0.323 e. The van der Waals surface area contributed by atoms with Crippen LogP contribution >= 0.6 is 0 Å². The fourth-order valence-corrected chi connectivity index (χ4v) is 2.27. The number of rotatable bonds is 4. The molecule has 1 heterocycles. The number of anilines is 2. The SMILES string of the molecule is Cc1ccc(NC(=O)Nc2cnc(Oc3ccccc3)nc2)c(C)c1. The Morgan fingerprint density at radius 1 is 0.960 bits per heavy atom. The maximum atomic E-state index is 12.1. The zero-order valence-electron chi connectivity index (χ0n) is 14.0. The molecule has 0 aliphatic heterocycles. The molecule has 0 bridgehead atoms. The van der Waals surface area contributed by atoms with Crippen LogP contribution in [0.5, 0.6) is 11.8 Å². The number of hydrogen-bond acceptors (Lipinski definition) is 4. The lowest BCUT2D eigenvalue weighted by atomic mass is 10.1. The molecule has 0 aliphatic rings. The van der Waals surface area contributed by atoms with Gasteiger partial charge in [0.15, 0.2) is 0 Å². The molecule has 2 aromatic carbocycles. The Morgan fingerprint density at radius 3 is 2.36 bits per heavy atom. The number of hydrogen-bond donors (Lipinski definition) is 2. The minimum Gasteiger partial charge on any atom is -0.424 e. The maximum absolute atomic E-state index is 12.1. The molecule has 0 aliphatic carbocycles. The quantitative estimate of drug-likeness (QED) is 0.735. The van der Waals surface area contributed by atoms with Crippen LogP contribution in [-0.4, -0.2) is 16.0 Å². The highest BCUT2D eigenvalue weighted by molar-refractivity contribution is 6.00. The molecule has 0 unspecified atom stereocenters. The zero-order valence-corrected chi connectivity index (χ0v) is 14.0. The summed E-state index contributed by atoms with van der Waals surface area (Å²) in [5.41, 5.74) is 3.37. The third-order valence-electron chi connectivity index (χ3n) is 3.47. The first-order chi connectivity index (χ1) is 12.1. The molecule has 2 N–H and O–H groups in total. The number of aromatic nitrogens is 2. The van der Waals surface area contributed by atoms with E-state index in [-0.39, 0.29) is 12.0 Å². The molecule has 1 aromatic heterocycles. The first kappa shape index (κ1) is 16.4. The van der Waals surface area contributed by atoms with Crippen molar-refractivity contribution in [1.82, 2.24) is 9.97 Å².